The molecule has 114 valence electrons. The van der Waals surface area contributed by atoms with Gasteiger partial charge in [-0.05, 0) is 50.8 Å². The highest BCUT2D eigenvalue weighted by molar-refractivity contribution is 5.81. The smallest absolute Gasteiger partial charge is 0.263 e. The first-order valence-electron chi connectivity index (χ1n) is 7.60. The fourth-order valence-electron chi connectivity index (χ4n) is 2.50. The number of nitrogens with zero attached hydrogens (tertiary/aromatic N) is 1. The van der Waals surface area contributed by atoms with E-state index in [0.29, 0.717) is 12.2 Å². The van der Waals surface area contributed by atoms with E-state index >= 15 is 0 Å². The summed E-state index contributed by atoms with van der Waals surface area (Å²) in [7, 11) is 0. The lowest BCUT2D eigenvalue weighted by atomic mass is 10.1. The maximum Gasteiger partial charge on any atom is 0.263 e. The summed E-state index contributed by atoms with van der Waals surface area (Å²) in [5, 5.41) is 0. The summed E-state index contributed by atoms with van der Waals surface area (Å²) in [5.41, 5.74) is 1.11. The zero-order chi connectivity index (χ0) is 15.2. The molecular weight excluding hydrogens is 266 g/mol. The van der Waals surface area contributed by atoms with Crippen LogP contribution in [0.25, 0.3) is 0 Å². The van der Waals surface area contributed by atoms with Crippen LogP contribution >= 0.6 is 0 Å². The number of carbonyl (C=O) groups excluding carboxylic acids is 2. The summed E-state index contributed by atoms with van der Waals surface area (Å²) in [6.45, 7) is 5.08. The molecule has 1 saturated heterocycles. The Morgan fingerprint density at radius 2 is 1.81 bits per heavy atom. The molecule has 21 heavy (non-hydrogen) atoms. The van der Waals surface area contributed by atoms with Crippen molar-refractivity contribution in [2.75, 3.05) is 13.1 Å². The molecule has 1 amide bonds. The number of ketones is 1. The van der Waals surface area contributed by atoms with Crippen LogP contribution < -0.4 is 4.74 Å². The Balaban J connectivity index is 1.87. The summed E-state index contributed by atoms with van der Waals surface area (Å²) in [4.78, 5) is 25.0. The Morgan fingerprint density at radius 3 is 2.38 bits per heavy atom. The molecular formula is C17H23NO3. The Labute approximate surface area is 126 Å². The predicted molar refractivity (Wildman–Crippen MR) is 81.3 cm³/mol. The van der Waals surface area contributed by atoms with Gasteiger partial charge in [0.05, 0.1) is 0 Å². The standard InChI is InChI=1S/C17H23NO3/c1-13(19)5-6-15-7-9-16(10-8-15)21-14(2)17(20)18-11-3-4-12-18/h7-10,14H,3-6,11-12H2,1-2H3. The number of hydrogen-bond donors (Lipinski definition) is 0. The molecule has 1 fully saturated rings. The van der Waals surface area contributed by atoms with Crippen LogP contribution in [0.2, 0.25) is 0 Å². The second kappa shape index (κ2) is 7.25. The van der Waals surface area contributed by atoms with Crippen LogP contribution in [0.3, 0.4) is 0 Å². The van der Waals surface area contributed by atoms with Crippen LogP contribution in [0.5, 0.6) is 5.75 Å². The minimum absolute atomic E-state index is 0.0631. The minimum Gasteiger partial charge on any atom is -0.481 e. The highest BCUT2D eigenvalue weighted by Gasteiger charge is 2.24. The van der Waals surface area contributed by atoms with Gasteiger partial charge in [0.2, 0.25) is 0 Å². The van der Waals surface area contributed by atoms with Gasteiger partial charge in [-0.3, -0.25) is 4.79 Å². The topological polar surface area (TPSA) is 46.6 Å². The number of benzene rings is 1. The molecule has 2 rings (SSSR count). The van der Waals surface area contributed by atoms with Crippen LogP contribution in [0.1, 0.15) is 38.7 Å². The molecule has 4 nitrogen and oxygen atoms in total. The van der Waals surface area contributed by atoms with Crippen molar-refractivity contribution in [3.05, 3.63) is 29.8 Å². The minimum atomic E-state index is -0.453. The molecule has 0 N–H and O–H groups in total. The molecule has 1 unspecified atom stereocenters. The van der Waals surface area contributed by atoms with Crippen LogP contribution in [-0.4, -0.2) is 35.8 Å². The second-order valence-corrected chi connectivity index (χ2v) is 5.64. The number of aryl methyl sites for hydroxylation is 1. The Hall–Kier alpha value is -1.84. The van der Waals surface area contributed by atoms with Crippen LogP contribution in [-0.2, 0) is 16.0 Å². The fraction of sp³-hybridized carbons (Fsp3) is 0.529. The monoisotopic (exact) mass is 289 g/mol. The zero-order valence-corrected chi connectivity index (χ0v) is 12.8. The molecule has 1 aliphatic rings. The van der Waals surface area contributed by atoms with Crippen LogP contribution in [0.15, 0.2) is 24.3 Å². The number of likely N-dealkylation sites (tertiary alicyclic amines) is 1. The summed E-state index contributed by atoms with van der Waals surface area (Å²) < 4.78 is 5.71. The van der Waals surface area contributed by atoms with Gasteiger partial charge in [-0.2, -0.15) is 0 Å². The average Bonchev–Trinajstić information content (AvgIpc) is 2.99. The highest BCUT2D eigenvalue weighted by Crippen LogP contribution is 2.17. The van der Waals surface area contributed by atoms with Crippen molar-refractivity contribution in [2.45, 2.75) is 45.6 Å². The van der Waals surface area contributed by atoms with E-state index in [4.69, 9.17) is 4.74 Å². The summed E-state index contributed by atoms with van der Waals surface area (Å²) in [6, 6.07) is 7.63. The lowest BCUT2D eigenvalue weighted by Crippen LogP contribution is -2.38. The van der Waals surface area contributed by atoms with E-state index in [1.165, 1.54) is 0 Å². The number of amides is 1. The van der Waals surface area contributed by atoms with Crippen LogP contribution in [0, 0.1) is 0 Å². The van der Waals surface area contributed by atoms with Gasteiger partial charge in [0.1, 0.15) is 11.5 Å². The molecule has 0 spiro atoms. The lowest BCUT2D eigenvalue weighted by molar-refractivity contribution is -0.136. The molecule has 0 saturated carbocycles. The van der Waals surface area contributed by atoms with E-state index in [-0.39, 0.29) is 11.7 Å². The van der Waals surface area contributed by atoms with Crippen molar-refractivity contribution in [2.24, 2.45) is 0 Å². The third-order valence-corrected chi connectivity index (χ3v) is 3.77. The molecule has 1 heterocycles. The Morgan fingerprint density at radius 1 is 1.19 bits per heavy atom. The van der Waals surface area contributed by atoms with Crippen molar-refractivity contribution in [3.8, 4) is 5.75 Å². The van der Waals surface area contributed by atoms with Gasteiger partial charge < -0.3 is 14.4 Å². The molecule has 4 heteroatoms. The zero-order valence-electron chi connectivity index (χ0n) is 12.8. The first-order chi connectivity index (χ1) is 10.1. The van der Waals surface area contributed by atoms with Crippen molar-refractivity contribution in [3.63, 3.8) is 0 Å². The van der Waals surface area contributed by atoms with Gasteiger partial charge in [-0.15, -0.1) is 0 Å². The summed E-state index contributed by atoms with van der Waals surface area (Å²) >= 11 is 0. The van der Waals surface area contributed by atoms with Gasteiger partial charge in [-0.1, -0.05) is 12.1 Å². The Bertz CT molecular complexity index is 489. The molecule has 1 aromatic carbocycles. The van der Waals surface area contributed by atoms with E-state index in [9.17, 15) is 9.59 Å². The molecule has 0 aliphatic carbocycles. The fourth-order valence-corrected chi connectivity index (χ4v) is 2.50. The van der Waals surface area contributed by atoms with Gasteiger partial charge in [0.15, 0.2) is 6.10 Å². The quantitative estimate of drug-likeness (QED) is 0.808. The number of hydrogen-bond acceptors (Lipinski definition) is 3. The normalized spacial score (nSPS) is 15.8. The summed E-state index contributed by atoms with van der Waals surface area (Å²) in [6.07, 6.45) is 3.03. The van der Waals surface area contributed by atoms with E-state index in [1.807, 2.05) is 29.2 Å². The first-order valence-corrected chi connectivity index (χ1v) is 7.60. The molecule has 0 aromatic heterocycles. The second-order valence-electron chi connectivity index (χ2n) is 5.64. The number of Topliss-reactive ketones (excluding diaryl/α,β-unsaturated/α-hetero) is 1. The van der Waals surface area contributed by atoms with E-state index in [1.54, 1.807) is 13.8 Å². The maximum absolute atomic E-state index is 12.2. The van der Waals surface area contributed by atoms with Crippen molar-refractivity contribution < 1.29 is 14.3 Å². The van der Waals surface area contributed by atoms with Gasteiger partial charge in [-0.25, -0.2) is 0 Å². The van der Waals surface area contributed by atoms with E-state index in [0.717, 1.165) is 37.9 Å². The number of carbonyl (C=O) groups is 2. The lowest BCUT2D eigenvalue weighted by Gasteiger charge is -2.21. The van der Waals surface area contributed by atoms with E-state index in [2.05, 4.69) is 0 Å². The van der Waals surface area contributed by atoms with Gasteiger partial charge >= 0.3 is 0 Å². The summed E-state index contributed by atoms with van der Waals surface area (Å²) in [5.74, 6) is 0.954. The first kappa shape index (κ1) is 15.5. The van der Waals surface area contributed by atoms with Crippen molar-refractivity contribution in [1.29, 1.82) is 0 Å². The van der Waals surface area contributed by atoms with Crippen molar-refractivity contribution >= 4 is 11.7 Å². The predicted octanol–water partition coefficient (Wildman–Crippen LogP) is 2.60. The van der Waals surface area contributed by atoms with Crippen LogP contribution in [0.4, 0.5) is 0 Å². The number of rotatable bonds is 6. The molecule has 0 bridgehead atoms. The SMILES string of the molecule is CC(=O)CCc1ccc(OC(C)C(=O)N2CCCC2)cc1. The molecule has 1 atom stereocenters. The largest absolute Gasteiger partial charge is 0.481 e. The third-order valence-electron chi connectivity index (χ3n) is 3.77. The average molecular weight is 289 g/mol. The van der Waals surface area contributed by atoms with Gasteiger partial charge in [0.25, 0.3) is 5.91 Å². The number of ether oxygens (including phenoxy) is 1. The molecule has 0 radical (unpaired) electrons. The molecule has 1 aromatic rings. The van der Waals surface area contributed by atoms with E-state index < -0.39 is 6.10 Å². The Kier molecular flexibility index (Phi) is 5.37. The third kappa shape index (κ3) is 4.59. The van der Waals surface area contributed by atoms with Gasteiger partial charge in [0, 0.05) is 19.5 Å². The maximum atomic E-state index is 12.2. The van der Waals surface area contributed by atoms with Crippen molar-refractivity contribution in [1.82, 2.24) is 4.90 Å². The molecule has 1 aliphatic heterocycles. The highest BCUT2D eigenvalue weighted by atomic mass is 16.5.